The highest BCUT2D eigenvalue weighted by Crippen LogP contribution is 2.23. The number of fused-ring (bicyclic) bond motifs is 1. The molecule has 5 heteroatoms. The van der Waals surface area contributed by atoms with Gasteiger partial charge in [0, 0.05) is 12.1 Å². The average molecular weight is 222 g/mol. The maximum absolute atomic E-state index is 12.0. The second kappa shape index (κ2) is 3.94. The first kappa shape index (κ1) is 9.35. The molecule has 0 unspecified atom stereocenters. The van der Waals surface area contributed by atoms with E-state index in [9.17, 15) is 9.59 Å². The molecule has 1 aliphatic heterocycles. The second-order valence-electron chi connectivity index (χ2n) is 3.70. The Bertz CT molecular complexity index is 490. The van der Waals surface area contributed by atoms with E-state index in [0.717, 1.165) is 16.0 Å². The van der Waals surface area contributed by atoms with Gasteiger partial charge in [-0.2, -0.15) is 0 Å². The summed E-state index contributed by atoms with van der Waals surface area (Å²) in [4.78, 5) is 24.2. The van der Waals surface area contributed by atoms with Gasteiger partial charge in [-0.1, -0.05) is 17.7 Å². The zero-order chi connectivity index (χ0) is 12.6. The molecule has 1 heterocycles. The minimum atomic E-state index is -1.43. The molecule has 1 aromatic carbocycles. The fraction of sp³-hybridized carbons (Fsp3) is 0.273. The van der Waals surface area contributed by atoms with Crippen LogP contribution in [0.4, 0.5) is 0 Å². The average Bonchev–Trinajstić information content (AvgIpc) is 2.65. The van der Waals surface area contributed by atoms with Crippen LogP contribution in [0.15, 0.2) is 18.2 Å². The van der Waals surface area contributed by atoms with E-state index in [-0.39, 0.29) is 12.5 Å². The van der Waals surface area contributed by atoms with Crippen LogP contribution in [-0.4, -0.2) is 28.4 Å². The van der Waals surface area contributed by atoms with Crippen LogP contribution in [0.25, 0.3) is 0 Å². The van der Waals surface area contributed by atoms with Crippen molar-refractivity contribution >= 4 is 11.8 Å². The Morgan fingerprint density at radius 2 is 2.44 bits per heavy atom. The first-order chi connectivity index (χ1) is 8.04. The molecule has 16 heavy (non-hydrogen) atoms. The molecule has 2 N–H and O–H groups in total. The molecule has 1 atom stereocenters. The van der Waals surface area contributed by atoms with Gasteiger partial charge in [0.25, 0.3) is 11.8 Å². The summed E-state index contributed by atoms with van der Waals surface area (Å²) in [5, 5.41) is 8.46. The Hall–Kier alpha value is -1.88. The largest absolute Gasteiger partial charge is 0.325 e. The second-order valence-corrected chi connectivity index (χ2v) is 3.70. The molecule has 5 nitrogen and oxygen atoms in total. The van der Waals surface area contributed by atoms with Gasteiger partial charge in [-0.15, -0.1) is 0 Å². The Kier molecular flexibility index (Phi) is 2.30. The summed E-state index contributed by atoms with van der Waals surface area (Å²) >= 11 is 0. The van der Waals surface area contributed by atoms with Crippen molar-refractivity contribution in [2.45, 2.75) is 13.5 Å². The van der Waals surface area contributed by atoms with Gasteiger partial charge in [-0.25, -0.2) is 5.48 Å². The summed E-state index contributed by atoms with van der Waals surface area (Å²) in [5.41, 5.74) is 3.65. The van der Waals surface area contributed by atoms with Gasteiger partial charge >= 0.3 is 0 Å². The summed E-state index contributed by atoms with van der Waals surface area (Å²) < 4.78 is 7.57. The molecular formula is C11H12N2O3. The van der Waals surface area contributed by atoms with E-state index < -0.39 is 12.4 Å². The van der Waals surface area contributed by atoms with Crippen molar-refractivity contribution in [3.05, 3.63) is 34.9 Å². The third-order valence-electron chi connectivity index (χ3n) is 2.48. The van der Waals surface area contributed by atoms with E-state index in [2.05, 4.69) is 0 Å². The van der Waals surface area contributed by atoms with Crippen LogP contribution < -0.4 is 5.48 Å². The van der Waals surface area contributed by atoms with Gasteiger partial charge in [-0.3, -0.25) is 14.8 Å². The Morgan fingerprint density at radius 3 is 3.12 bits per heavy atom. The molecule has 2 rings (SSSR count). The lowest BCUT2D eigenvalue weighted by molar-refractivity contribution is -0.129. The number of rotatable bonds is 2. The maximum Gasteiger partial charge on any atom is 0.262 e. The number of hydrogen-bond acceptors (Lipinski definition) is 3. The van der Waals surface area contributed by atoms with Crippen molar-refractivity contribution in [2.24, 2.45) is 0 Å². The summed E-state index contributed by atoms with van der Waals surface area (Å²) in [6.07, 6.45) is 0. The quantitative estimate of drug-likeness (QED) is 0.564. The topological polar surface area (TPSA) is 69.6 Å². The molecule has 0 saturated carbocycles. The van der Waals surface area contributed by atoms with Crippen molar-refractivity contribution in [2.75, 3.05) is 6.52 Å². The lowest BCUT2D eigenvalue weighted by Crippen LogP contribution is -2.35. The van der Waals surface area contributed by atoms with Gasteiger partial charge < -0.3 is 4.90 Å². The molecular weight excluding hydrogens is 208 g/mol. The van der Waals surface area contributed by atoms with E-state index in [1.165, 1.54) is 5.48 Å². The first-order valence-corrected chi connectivity index (χ1v) is 4.81. The van der Waals surface area contributed by atoms with E-state index in [1.807, 2.05) is 19.1 Å². The van der Waals surface area contributed by atoms with E-state index >= 15 is 0 Å². The Balaban J connectivity index is 2.28. The van der Waals surface area contributed by atoms with Crippen LogP contribution in [0, 0.1) is 6.92 Å². The van der Waals surface area contributed by atoms with E-state index in [4.69, 9.17) is 6.58 Å². The van der Waals surface area contributed by atoms with Crippen molar-refractivity contribution < 1.29 is 16.2 Å². The van der Waals surface area contributed by atoms with E-state index in [0.29, 0.717) is 5.56 Å². The highest BCUT2D eigenvalue weighted by molar-refractivity contribution is 6.00. The number of hydrogen-bond donors (Lipinski definition) is 2. The van der Waals surface area contributed by atoms with Crippen LogP contribution in [0.3, 0.4) is 0 Å². The molecule has 1 aromatic rings. The number of carbonyl (C=O) groups excluding carboxylic acids is 2. The van der Waals surface area contributed by atoms with Gasteiger partial charge in [0.2, 0.25) is 0 Å². The maximum atomic E-state index is 12.0. The van der Waals surface area contributed by atoms with Crippen molar-refractivity contribution in [3.8, 4) is 0 Å². The fourth-order valence-corrected chi connectivity index (χ4v) is 1.71. The van der Waals surface area contributed by atoms with Crippen LogP contribution >= 0.6 is 0 Å². The molecule has 0 radical (unpaired) electrons. The fourth-order valence-electron chi connectivity index (χ4n) is 1.71. The van der Waals surface area contributed by atoms with Crippen molar-refractivity contribution in [3.63, 3.8) is 0 Å². The molecule has 0 saturated heterocycles. The van der Waals surface area contributed by atoms with Crippen molar-refractivity contribution in [1.29, 1.82) is 0 Å². The standard InChI is InChI=1S/C11H12N2O3/c1-7-2-3-8-5-13(6-10(14)12-16)11(15)9(8)4-7/h2-4,16H,5-6H2,1H3,(H,12,14)/i6T/t6-/m0/s1. The molecule has 84 valence electrons. The predicted octanol–water partition coefficient (Wildman–Crippen LogP) is 0.456. The minimum absolute atomic E-state index is 0.218. The molecule has 0 aromatic heterocycles. The molecule has 0 fully saturated rings. The van der Waals surface area contributed by atoms with Gasteiger partial charge in [0.15, 0.2) is 0 Å². The molecule has 0 bridgehead atoms. The molecule has 0 spiro atoms. The number of aryl methyl sites for hydroxylation is 1. The third kappa shape index (κ3) is 1.77. The normalized spacial score (nSPS) is 16.8. The van der Waals surface area contributed by atoms with Crippen LogP contribution in [0.1, 0.15) is 22.9 Å². The number of nitrogens with zero attached hydrogens (tertiary/aromatic N) is 1. The minimum Gasteiger partial charge on any atom is -0.325 e. The SMILES string of the molecule is [3H][C@@H](C(=O)NO)N1Cc2ccc(C)cc2C1=O. The number of amides is 2. The third-order valence-corrected chi connectivity index (χ3v) is 2.48. The lowest BCUT2D eigenvalue weighted by Gasteiger charge is -2.13. The Labute approximate surface area is 94.0 Å². The zero-order valence-corrected chi connectivity index (χ0v) is 8.73. The monoisotopic (exact) mass is 222 g/mol. The van der Waals surface area contributed by atoms with Gasteiger partial charge in [-0.05, 0) is 18.6 Å². The van der Waals surface area contributed by atoms with Crippen molar-refractivity contribution in [1.82, 2.24) is 10.4 Å². The van der Waals surface area contributed by atoms with Gasteiger partial charge in [0.1, 0.15) is 6.52 Å². The number of hydroxylamine groups is 1. The van der Waals surface area contributed by atoms with Crippen LogP contribution in [-0.2, 0) is 11.3 Å². The van der Waals surface area contributed by atoms with Crippen LogP contribution in [0.5, 0.6) is 0 Å². The highest BCUT2D eigenvalue weighted by Gasteiger charge is 2.28. The highest BCUT2D eigenvalue weighted by atomic mass is 16.5. The molecule has 2 amide bonds. The number of nitrogens with one attached hydrogen (secondary N) is 1. The summed E-state index contributed by atoms with van der Waals surface area (Å²) in [7, 11) is 0. The predicted molar refractivity (Wildman–Crippen MR) is 55.8 cm³/mol. The summed E-state index contributed by atoms with van der Waals surface area (Å²) in [5.74, 6) is -1.27. The smallest absolute Gasteiger partial charge is 0.262 e. The lowest BCUT2D eigenvalue weighted by atomic mass is 10.1. The van der Waals surface area contributed by atoms with Crippen LogP contribution in [0.2, 0.25) is 0 Å². The first-order valence-electron chi connectivity index (χ1n) is 5.39. The number of benzene rings is 1. The summed E-state index contributed by atoms with van der Waals surface area (Å²) in [6.45, 7) is 0.658. The van der Waals surface area contributed by atoms with Gasteiger partial charge in [0.05, 0.1) is 1.37 Å². The molecule has 0 aliphatic carbocycles. The molecule has 1 aliphatic rings. The Morgan fingerprint density at radius 1 is 1.69 bits per heavy atom. The zero-order valence-electron chi connectivity index (χ0n) is 9.73. The number of carbonyl (C=O) groups is 2. The van der Waals surface area contributed by atoms with E-state index in [1.54, 1.807) is 6.07 Å². The summed E-state index contributed by atoms with van der Waals surface area (Å²) in [6, 6.07) is 5.42.